The van der Waals surface area contributed by atoms with Gasteiger partial charge in [-0.25, -0.2) is 0 Å². The number of benzene rings is 2. The van der Waals surface area contributed by atoms with Crippen LogP contribution in [-0.4, -0.2) is 12.5 Å². The van der Waals surface area contributed by atoms with Crippen molar-refractivity contribution < 1.29 is 9.53 Å². The summed E-state index contributed by atoms with van der Waals surface area (Å²) in [6, 6.07) is 10.8. The molecule has 2 aromatic carbocycles. The lowest BCUT2D eigenvalue weighted by atomic mass is 10.1. The Bertz CT molecular complexity index is 708. The number of carbonyl (C=O) groups is 1. The first-order valence-corrected chi connectivity index (χ1v) is 9.26. The minimum Gasteiger partial charge on any atom is -0.490 e. The van der Waals surface area contributed by atoms with Gasteiger partial charge < -0.3 is 10.1 Å². The van der Waals surface area contributed by atoms with E-state index < -0.39 is 0 Å². The Kier molecular flexibility index (Phi) is 7.60. The molecule has 0 aromatic heterocycles. The third-order valence-corrected chi connectivity index (χ3v) is 4.34. The molecule has 5 heteroatoms. The van der Waals surface area contributed by atoms with Gasteiger partial charge in [0, 0.05) is 11.3 Å². The lowest BCUT2D eigenvalue weighted by Crippen LogP contribution is -2.12. The Morgan fingerprint density at radius 1 is 1.08 bits per heavy atom. The Hall–Kier alpha value is -1.71. The maximum atomic E-state index is 12.4. The van der Waals surface area contributed by atoms with E-state index in [9.17, 15) is 4.79 Å². The van der Waals surface area contributed by atoms with Crippen molar-refractivity contribution in [2.75, 3.05) is 11.9 Å². The summed E-state index contributed by atoms with van der Waals surface area (Å²) in [6.07, 6.45) is 4.42. The van der Waals surface area contributed by atoms with Crippen LogP contribution in [0.1, 0.15) is 48.5 Å². The average molecular weight is 380 g/mol. The molecule has 0 bridgehead atoms. The first-order valence-electron chi connectivity index (χ1n) is 8.51. The molecule has 25 heavy (non-hydrogen) atoms. The number of aryl methyl sites for hydroxylation is 1. The molecule has 3 nitrogen and oxygen atoms in total. The molecule has 0 saturated carbocycles. The molecule has 1 amide bonds. The summed E-state index contributed by atoms with van der Waals surface area (Å²) in [5.41, 5.74) is 2.20. The highest BCUT2D eigenvalue weighted by molar-refractivity contribution is 6.37. The fourth-order valence-corrected chi connectivity index (χ4v) is 3.05. The Balaban J connectivity index is 2.03. The molecule has 0 spiro atoms. The van der Waals surface area contributed by atoms with E-state index in [0.29, 0.717) is 28.0 Å². The second-order valence-corrected chi connectivity index (χ2v) is 6.82. The molecule has 0 radical (unpaired) electrons. The highest BCUT2D eigenvalue weighted by atomic mass is 35.5. The summed E-state index contributed by atoms with van der Waals surface area (Å²) in [5, 5.41) is 3.53. The number of rotatable bonds is 8. The lowest BCUT2D eigenvalue weighted by Gasteiger charge is -2.12. The topological polar surface area (TPSA) is 38.3 Å². The normalized spacial score (nSPS) is 10.6. The number of anilines is 1. The maximum Gasteiger partial charge on any atom is 0.255 e. The molecule has 2 rings (SSSR count). The third-order valence-electron chi connectivity index (χ3n) is 3.78. The lowest BCUT2D eigenvalue weighted by molar-refractivity contribution is 0.102. The van der Waals surface area contributed by atoms with E-state index >= 15 is 0 Å². The molecular weight excluding hydrogens is 357 g/mol. The summed E-state index contributed by atoms with van der Waals surface area (Å²) < 4.78 is 5.69. The van der Waals surface area contributed by atoms with Crippen molar-refractivity contribution in [2.24, 2.45) is 0 Å². The highest BCUT2D eigenvalue weighted by Crippen LogP contribution is 2.34. The predicted octanol–water partition coefficient (Wildman–Crippen LogP) is 6.51. The van der Waals surface area contributed by atoms with E-state index in [4.69, 9.17) is 27.9 Å². The van der Waals surface area contributed by atoms with Crippen LogP contribution >= 0.6 is 23.2 Å². The summed E-state index contributed by atoms with van der Waals surface area (Å²) in [6.45, 7) is 4.69. The van der Waals surface area contributed by atoms with Crippen molar-refractivity contribution in [3.8, 4) is 5.75 Å². The van der Waals surface area contributed by atoms with E-state index in [0.717, 1.165) is 24.1 Å². The Morgan fingerprint density at radius 3 is 2.44 bits per heavy atom. The second kappa shape index (κ2) is 9.69. The summed E-state index contributed by atoms with van der Waals surface area (Å²) in [4.78, 5) is 12.4. The van der Waals surface area contributed by atoms with Crippen LogP contribution in [0.15, 0.2) is 36.4 Å². The quantitative estimate of drug-likeness (QED) is 0.530. The first-order chi connectivity index (χ1) is 12.0. The minimum atomic E-state index is -0.260. The maximum absolute atomic E-state index is 12.4. The average Bonchev–Trinajstić information content (AvgIpc) is 2.56. The van der Waals surface area contributed by atoms with Gasteiger partial charge in [-0.15, -0.1) is 0 Å². The van der Waals surface area contributed by atoms with Crippen LogP contribution in [0.4, 0.5) is 5.69 Å². The van der Waals surface area contributed by atoms with Gasteiger partial charge in [0.2, 0.25) is 0 Å². The van der Waals surface area contributed by atoms with Gasteiger partial charge in [0.1, 0.15) is 0 Å². The van der Waals surface area contributed by atoms with Crippen LogP contribution in [0.25, 0.3) is 0 Å². The molecule has 134 valence electrons. The number of halogens is 2. The molecule has 0 unspecified atom stereocenters. The highest BCUT2D eigenvalue weighted by Gasteiger charge is 2.14. The van der Waals surface area contributed by atoms with E-state index in [1.807, 2.05) is 31.2 Å². The van der Waals surface area contributed by atoms with Gasteiger partial charge in [-0.05, 0) is 43.2 Å². The number of unbranched alkanes of at least 4 members (excludes halogenated alkanes) is 3. The fourth-order valence-electron chi connectivity index (χ4n) is 2.46. The monoisotopic (exact) mass is 379 g/mol. The number of amides is 1. The van der Waals surface area contributed by atoms with Crippen LogP contribution in [0.5, 0.6) is 5.75 Å². The van der Waals surface area contributed by atoms with Crippen LogP contribution in [0.2, 0.25) is 10.0 Å². The second-order valence-electron chi connectivity index (χ2n) is 6.00. The first kappa shape index (κ1) is 19.6. The van der Waals surface area contributed by atoms with E-state index in [1.165, 1.54) is 12.8 Å². The number of nitrogens with one attached hydrogen (secondary N) is 1. The smallest absolute Gasteiger partial charge is 0.255 e. The molecule has 0 aliphatic rings. The molecular formula is C20H23Cl2NO2. The van der Waals surface area contributed by atoms with Crippen molar-refractivity contribution in [1.82, 2.24) is 0 Å². The Labute approximate surface area is 159 Å². The number of hydrogen-bond donors (Lipinski definition) is 1. The number of carbonyl (C=O) groups excluding carboxylic acids is 1. The van der Waals surface area contributed by atoms with Gasteiger partial charge >= 0.3 is 0 Å². The predicted molar refractivity (Wildman–Crippen MR) is 105 cm³/mol. The SMILES string of the molecule is CCCCCCOc1c(Cl)cc(C(=O)Nc2cccc(C)c2)cc1Cl. The summed E-state index contributed by atoms with van der Waals surface area (Å²) in [7, 11) is 0. The summed E-state index contributed by atoms with van der Waals surface area (Å²) >= 11 is 12.5. The largest absolute Gasteiger partial charge is 0.490 e. The Morgan fingerprint density at radius 2 is 1.80 bits per heavy atom. The van der Waals surface area contributed by atoms with Crippen molar-refractivity contribution in [3.63, 3.8) is 0 Å². The van der Waals surface area contributed by atoms with Gasteiger partial charge in [0.05, 0.1) is 16.7 Å². The molecule has 0 heterocycles. The summed E-state index contributed by atoms with van der Waals surface area (Å²) in [5.74, 6) is 0.177. The van der Waals surface area contributed by atoms with Crippen LogP contribution < -0.4 is 10.1 Å². The van der Waals surface area contributed by atoms with Gasteiger partial charge in [-0.2, -0.15) is 0 Å². The molecule has 0 fully saturated rings. The zero-order valence-corrected chi connectivity index (χ0v) is 16.1. The molecule has 0 aliphatic carbocycles. The van der Waals surface area contributed by atoms with Crippen LogP contribution in [0, 0.1) is 6.92 Å². The van der Waals surface area contributed by atoms with Gasteiger partial charge in [-0.3, -0.25) is 4.79 Å². The van der Waals surface area contributed by atoms with E-state index in [2.05, 4.69) is 12.2 Å². The van der Waals surface area contributed by atoms with Gasteiger partial charge in [0.15, 0.2) is 5.75 Å². The van der Waals surface area contributed by atoms with Crippen molar-refractivity contribution in [1.29, 1.82) is 0 Å². The third kappa shape index (κ3) is 5.94. The van der Waals surface area contributed by atoms with Crippen molar-refractivity contribution >= 4 is 34.8 Å². The minimum absolute atomic E-state index is 0.260. The standard InChI is InChI=1S/C20H23Cl2NO2/c1-3-4-5-6-10-25-19-17(21)12-15(13-18(19)22)20(24)23-16-9-7-8-14(2)11-16/h7-9,11-13H,3-6,10H2,1-2H3,(H,23,24). The van der Waals surface area contributed by atoms with E-state index in [1.54, 1.807) is 12.1 Å². The number of hydrogen-bond acceptors (Lipinski definition) is 2. The molecule has 0 atom stereocenters. The zero-order chi connectivity index (χ0) is 18.2. The van der Waals surface area contributed by atoms with Crippen molar-refractivity contribution in [3.05, 3.63) is 57.6 Å². The number of ether oxygens (including phenoxy) is 1. The molecule has 0 saturated heterocycles. The van der Waals surface area contributed by atoms with E-state index in [-0.39, 0.29) is 5.91 Å². The fraction of sp³-hybridized carbons (Fsp3) is 0.350. The zero-order valence-electron chi connectivity index (χ0n) is 14.6. The van der Waals surface area contributed by atoms with Gasteiger partial charge in [-0.1, -0.05) is 61.5 Å². The molecule has 2 aromatic rings. The molecule has 1 N–H and O–H groups in total. The van der Waals surface area contributed by atoms with Crippen LogP contribution in [-0.2, 0) is 0 Å². The van der Waals surface area contributed by atoms with Crippen molar-refractivity contribution in [2.45, 2.75) is 39.5 Å². The molecule has 0 aliphatic heterocycles. The van der Waals surface area contributed by atoms with Crippen LogP contribution in [0.3, 0.4) is 0 Å². The van der Waals surface area contributed by atoms with Gasteiger partial charge in [0.25, 0.3) is 5.91 Å².